The van der Waals surface area contributed by atoms with E-state index in [0.717, 1.165) is 17.7 Å². The number of hydrogen-bond acceptors (Lipinski definition) is 5. The molecule has 1 unspecified atom stereocenters. The van der Waals surface area contributed by atoms with Gasteiger partial charge in [0.05, 0.1) is 6.54 Å². The zero-order chi connectivity index (χ0) is 16.5. The lowest BCUT2D eigenvalue weighted by Crippen LogP contribution is -2.37. The Morgan fingerprint density at radius 2 is 2.17 bits per heavy atom. The molecule has 0 saturated carbocycles. The van der Waals surface area contributed by atoms with Gasteiger partial charge in [-0.3, -0.25) is 4.79 Å². The fraction of sp³-hybridized carbons (Fsp3) is 0.235. The van der Waals surface area contributed by atoms with E-state index >= 15 is 0 Å². The van der Waals surface area contributed by atoms with E-state index in [1.54, 1.807) is 18.3 Å². The highest BCUT2D eigenvalue weighted by atomic mass is 16.5. The van der Waals surface area contributed by atoms with Crippen LogP contribution in [0.15, 0.2) is 51.8 Å². The van der Waals surface area contributed by atoms with Crippen LogP contribution < -0.4 is 15.8 Å². The predicted octanol–water partition coefficient (Wildman–Crippen LogP) is 1.11. The van der Waals surface area contributed by atoms with Crippen molar-refractivity contribution in [1.29, 1.82) is 0 Å². The number of amides is 1. The summed E-state index contributed by atoms with van der Waals surface area (Å²) in [6, 6.07) is 11.1. The molecule has 1 aromatic carbocycles. The minimum absolute atomic E-state index is 0.0951. The normalized spacial score (nSPS) is 15.9. The smallest absolute Gasteiger partial charge is 0.421 e. The molecular formula is C17H15N3O4. The van der Waals surface area contributed by atoms with Crippen LogP contribution in [0.5, 0.6) is 5.75 Å². The molecule has 24 heavy (non-hydrogen) atoms. The maximum atomic E-state index is 12.1. The van der Waals surface area contributed by atoms with Crippen molar-refractivity contribution in [3.05, 3.63) is 58.7 Å². The number of ether oxygens (including phenoxy) is 1. The molecule has 7 nitrogen and oxygen atoms in total. The molecule has 0 saturated heterocycles. The number of hydrogen-bond donors (Lipinski definition) is 1. The lowest BCUT2D eigenvalue weighted by Gasteiger charge is -2.12. The average molecular weight is 325 g/mol. The molecule has 0 fully saturated rings. The molecule has 4 rings (SSSR count). The number of aromatic nitrogens is 2. The van der Waals surface area contributed by atoms with Crippen LogP contribution in [0.3, 0.4) is 0 Å². The molecule has 0 radical (unpaired) electrons. The Kier molecular flexibility index (Phi) is 3.53. The van der Waals surface area contributed by atoms with Crippen molar-refractivity contribution < 1.29 is 13.9 Å². The maximum absolute atomic E-state index is 12.1. The molecule has 1 aliphatic heterocycles. The number of rotatable bonds is 4. The highest BCUT2D eigenvalue weighted by Crippen LogP contribution is 2.27. The van der Waals surface area contributed by atoms with Gasteiger partial charge in [-0.25, -0.2) is 14.3 Å². The van der Waals surface area contributed by atoms with Gasteiger partial charge in [0.2, 0.25) is 5.91 Å². The van der Waals surface area contributed by atoms with Crippen LogP contribution in [0.25, 0.3) is 11.2 Å². The fourth-order valence-electron chi connectivity index (χ4n) is 2.83. The van der Waals surface area contributed by atoms with Crippen molar-refractivity contribution in [2.24, 2.45) is 0 Å². The van der Waals surface area contributed by atoms with Gasteiger partial charge in [-0.1, -0.05) is 18.2 Å². The molecule has 0 spiro atoms. The first-order valence-corrected chi connectivity index (χ1v) is 7.66. The summed E-state index contributed by atoms with van der Waals surface area (Å²) >= 11 is 0. The second-order valence-electron chi connectivity index (χ2n) is 5.64. The van der Waals surface area contributed by atoms with Crippen molar-refractivity contribution >= 4 is 17.1 Å². The van der Waals surface area contributed by atoms with Gasteiger partial charge in [0.15, 0.2) is 11.2 Å². The summed E-state index contributed by atoms with van der Waals surface area (Å²) in [5.41, 5.74) is 1.87. The number of para-hydroxylation sites is 1. The zero-order valence-electron chi connectivity index (χ0n) is 12.8. The molecule has 1 amide bonds. The molecule has 0 bridgehead atoms. The summed E-state index contributed by atoms with van der Waals surface area (Å²) in [7, 11) is 0. The largest absolute Gasteiger partial charge is 0.488 e. The summed E-state index contributed by atoms with van der Waals surface area (Å²) in [6.45, 7) is 0.244. The fourth-order valence-corrected chi connectivity index (χ4v) is 2.83. The van der Waals surface area contributed by atoms with Gasteiger partial charge in [-0.15, -0.1) is 0 Å². The summed E-state index contributed by atoms with van der Waals surface area (Å²) in [5.74, 6) is -0.0219. The summed E-state index contributed by atoms with van der Waals surface area (Å²) in [6.07, 6.45) is 2.21. The first kappa shape index (κ1) is 14.5. The van der Waals surface area contributed by atoms with Crippen LogP contribution in [0.1, 0.15) is 5.56 Å². The van der Waals surface area contributed by atoms with Crippen molar-refractivity contribution in [2.75, 3.05) is 6.54 Å². The molecule has 3 heterocycles. The molecule has 1 atom stereocenters. The van der Waals surface area contributed by atoms with E-state index in [0.29, 0.717) is 17.8 Å². The standard InChI is InChI=1S/C17H15N3O4/c21-15(10-20-16-14(24-17(20)22)6-3-7-18-16)19-9-12-8-11-4-1-2-5-13(11)23-12/h1-7,12H,8-10H2,(H,19,21). The van der Waals surface area contributed by atoms with E-state index in [1.165, 1.54) is 4.57 Å². The first-order valence-electron chi connectivity index (χ1n) is 7.66. The van der Waals surface area contributed by atoms with Crippen LogP contribution in [-0.2, 0) is 17.8 Å². The Bertz CT molecular complexity index is 935. The van der Waals surface area contributed by atoms with Gasteiger partial charge in [-0.05, 0) is 23.8 Å². The summed E-state index contributed by atoms with van der Waals surface area (Å²) in [4.78, 5) is 28.1. The number of oxazole rings is 1. The van der Waals surface area contributed by atoms with E-state index in [2.05, 4.69) is 10.3 Å². The maximum Gasteiger partial charge on any atom is 0.421 e. The Hall–Kier alpha value is -3.09. The van der Waals surface area contributed by atoms with Gasteiger partial charge in [-0.2, -0.15) is 0 Å². The van der Waals surface area contributed by atoms with Crippen molar-refractivity contribution in [1.82, 2.24) is 14.9 Å². The third kappa shape index (κ3) is 2.64. The summed E-state index contributed by atoms with van der Waals surface area (Å²) in [5, 5.41) is 2.80. The van der Waals surface area contributed by atoms with E-state index < -0.39 is 5.76 Å². The number of benzene rings is 1. The van der Waals surface area contributed by atoms with E-state index in [1.807, 2.05) is 24.3 Å². The molecular weight excluding hydrogens is 310 g/mol. The Morgan fingerprint density at radius 3 is 3.04 bits per heavy atom. The molecule has 1 N–H and O–H groups in total. The second-order valence-corrected chi connectivity index (χ2v) is 5.64. The number of pyridine rings is 1. The molecule has 3 aromatic rings. The molecule has 1 aliphatic rings. The van der Waals surface area contributed by atoms with Crippen LogP contribution >= 0.6 is 0 Å². The monoisotopic (exact) mass is 325 g/mol. The van der Waals surface area contributed by atoms with E-state index in [9.17, 15) is 9.59 Å². The lowest BCUT2D eigenvalue weighted by atomic mass is 10.1. The van der Waals surface area contributed by atoms with Gasteiger partial charge in [0, 0.05) is 12.6 Å². The molecule has 2 aromatic heterocycles. The Labute approximate surface area is 136 Å². The highest BCUT2D eigenvalue weighted by molar-refractivity contribution is 5.78. The predicted molar refractivity (Wildman–Crippen MR) is 85.8 cm³/mol. The minimum atomic E-state index is -0.594. The summed E-state index contributed by atoms with van der Waals surface area (Å²) < 4.78 is 12.0. The number of nitrogens with one attached hydrogen (secondary N) is 1. The number of carbonyl (C=O) groups is 1. The molecule has 122 valence electrons. The van der Waals surface area contributed by atoms with Gasteiger partial charge >= 0.3 is 5.76 Å². The van der Waals surface area contributed by atoms with Gasteiger partial charge in [0.1, 0.15) is 18.4 Å². The third-order valence-electron chi connectivity index (χ3n) is 3.97. The van der Waals surface area contributed by atoms with E-state index in [4.69, 9.17) is 9.15 Å². The van der Waals surface area contributed by atoms with E-state index in [-0.39, 0.29) is 18.6 Å². The SMILES string of the molecule is O=C(Cn1c(=O)oc2cccnc21)NCC1Cc2ccccc2O1. The highest BCUT2D eigenvalue weighted by Gasteiger charge is 2.23. The number of carbonyl (C=O) groups excluding carboxylic acids is 1. The van der Waals surface area contributed by atoms with Gasteiger partial charge in [0.25, 0.3) is 0 Å². The van der Waals surface area contributed by atoms with Crippen molar-refractivity contribution in [3.63, 3.8) is 0 Å². The Balaban J connectivity index is 1.39. The zero-order valence-corrected chi connectivity index (χ0v) is 12.8. The van der Waals surface area contributed by atoms with Gasteiger partial charge < -0.3 is 14.5 Å². The van der Waals surface area contributed by atoms with Crippen LogP contribution in [0, 0.1) is 0 Å². The van der Waals surface area contributed by atoms with Crippen LogP contribution in [0.2, 0.25) is 0 Å². The topological polar surface area (TPSA) is 86.4 Å². The minimum Gasteiger partial charge on any atom is -0.488 e. The van der Waals surface area contributed by atoms with Crippen LogP contribution in [-0.4, -0.2) is 28.1 Å². The number of fused-ring (bicyclic) bond motifs is 2. The van der Waals surface area contributed by atoms with Crippen molar-refractivity contribution in [2.45, 2.75) is 19.1 Å². The second kappa shape index (κ2) is 5.84. The Morgan fingerprint density at radius 1 is 1.29 bits per heavy atom. The average Bonchev–Trinajstić information content (AvgIpc) is 3.14. The van der Waals surface area contributed by atoms with Crippen LogP contribution in [0.4, 0.5) is 0 Å². The number of nitrogens with zero attached hydrogens (tertiary/aromatic N) is 2. The third-order valence-corrected chi connectivity index (χ3v) is 3.97. The first-order chi connectivity index (χ1) is 11.7. The molecule has 7 heteroatoms. The van der Waals surface area contributed by atoms with Crippen molar-refractivity contribution in [3.8, 4) is 5.75 Å². The molecule has 0 aliphatic carbocycles. The quantitative estimate of drug-likeness (QED) is 0.776. The lowest BCUT2D eigenvalue weighted by molar-refractivity contribution is -0.122.